The molecule has 118 valence electrons. The van der Waals surface area contributed by atoms with Crippen LogP contribution in [-0.4, -0.2) is 25.7 Å². The van der Waals surface area contributed by atoms with Gasteiger partial charge in [0.25, 0.3) is 0 Å². The van der Waals surface area contributed by atoms with E-state index < -0.39 is 17.4 Å². The highest BCUT2D eigenvalue weighted by atomic mass is 16.5. The third-order valence-electron chi connectivity index (χ3n) is 5.48. The third-order valence-corrected chi connectivity index (χ3v) is 5.48. The minimum absolute atomic E-state index is 0.225. The van der Waals surface area contributed by atoms with Crippen molar-refractivity contribution in [1.29, 1.82) is 0 Å². The van der Waals surface area contributed by atoms with Gasteiger partial charge in [-0.1, -0.05) is 48.5 Å². The molecular formula is C20H14O4. The van der Waals surface area contributed by atoms with E-state index in [9.17, 15) is 9.59 Å². The van der Waals surface area contributed by atoms with Gasteiger partial charge >= 0.3 is 11.9 Å². The lowest BCUT2D eigenvalue weighted by Crippen LogP contribution is -2.44. The average molecular weight is 318 g/mol. The van der Waals surface area contributed by atoms with Gasteiger partial charge in [0, 0.05) is 5.92 Å². The molecule has 24 heavy (non-hydrogen) atoms. The van der Waals surface area contributed by atoms with Gasteiger partial charge in [-0.3, -0.25) is 0 Å². The van der Waals surface area contributed by atoms with E-state index in [4.69, 9.17) is 9.47 Å². The zero-order chi connectivity index (χ0) is 16.5. The third kappa shape index (κ3) is 1.31. The molecule has 2 bridgehead atoms. The maximum Gasteiger partial charge on any atom is 0.336 e. The number of hydrogen-bond acceptors (Lipinski definition) is 4. The van der Waals surface area contributed by atoms with Gasteiger partial charge in [0.2, 0.25) is 0 Å². The van der Waals surface area contributed by atoms with Crippen molar-refractivity contribution >= 4 is 11.9 Å². The van der Waals surface area contributed by atoms with Crippen LogP contribution in [0.5, 0.6) is 0 Å². The molecule has 0 N–H and O–H groups in total. The molecule has 4 aliphatic rings. The second-order valence-corrected chi connectivity index (χ2v) is 6.37. The molecule has 1 fully saturated rings. The van der Waals surface area contributed by atoms with Crippen molar-refractivity contribution in [3.63, 3.8) is 0 Å². The van der Waals surface area contributed by atoms with E-state index in [0.717, 1.165) is 22.3 Å². The summed E-state index contributed by atoms with van der Waals surface area (Å²) in [4.78, 5) is 25.1. The number of ether oxygens (including phenoxy) is 2. The standard InChI is InChI=1S/C20H14O4/c1-23-18(21)16-15-11-6-2-4-8-13(11)20(10-24-19(22)17(16)20)14-9-5-3-7-12(14)15/h2-9,15H,10H2,1H3. The number of esters is 2. The van der Waals surface area contributed by atoms with E-state index in [1.54, 1.807) is 0 Å². The zero-order valence-electron chi connectivity index (χ0n) is 13.0. The van der Waals surface area contributed by atoms with Crippen molar-refractivity contribution in [2.75, 3.05) is 13.7 Å². The Balaban J connectivity index is 1.97. The van der Waals surface area contributed by atoms with Gasteiger partial charge in [-0.25, -0.2) is 9.59 Å². The van der Waals surface area contributed by atoms with Crippen LogP contribution < -0.4 is 0 Å². The predicted octanol–water partition coefficient (Wildman–Crippen LogP) is 2.46. The maximum absolute atomic E-state index is 12.6. The number of carbonyl (C=O) groups is 2. The molecule has 0 amide bonds. The van der Waals surface area contributed by atoms with Gasteiger partial charge < -0.3 is 9.47 Å². The molecule has 1 saturated heterocycles. The molecule has 0 saturated carbocycles. The van der Waals surface area contributed by atoms with Crippen LogP contribution >= 0.6 is 0 Å². The van der Waals surface area contributed by atoms with E-state index in [1.807, 2.05) is 48.5 Å². The van der Waals surface area contributed by atoms with E-state index in [0.29, 0.717) is 11.1 Å². The normalized spacial score (nSPS) is 25.7. The summed E-state index contributed by atoms with van der Waals surface area (Å²) < 4.78 is 10.5. The molecule has 3 aliphatic carbocycles. The van der Waals surface area contributed by atoms with Crippen molar-refractivity contribution in [2.24, 2.45) is 0 Å². The fourth-order valence-corrected chi connectivity index (χ4v) is 4.63. The first-order valence-electron chi connectivity index (χ1n) is 7.89. The van der Waals surface area contributed by atoms with E-state index in [-0.39, 0.29) is 12.5 Å². The molecule has 0 atom stereocenters. The van der Waals surface area contributed by atoms with Crippen LogP contribution in [0.2, 0.25) is 0 Å². The number of cyclic esters (lactones) is 1. The molecule has 1 aliphatic heterocycles. The van der Waals surface area contributed by atoms with E-state index >= 15 is 0 Å². The summed E-state index contributed by atoms with van der Waals surface area (Å²) in [5, 5.41) is 0. The summed E-state index contributed by atoms with van der Waals surface area (Å²) in [5.41, 5.74) is 4.40. The lowest BCUT2D eigenvalue weighted by Gasteiger charge is -2.46. The monoisotopic (exact) mass is 318 g/mol. The van der Waals surface area contributed by atoms with E-state index in [2.05, 4.69) is 0 Å². The molecule has 1 heterocycles. The van der Waals surface area contributed by atoms with Gasteiger partial charge in [-0.15, -0.1) is 0 Å². The summed E-state index contributed by atoms with van der Waals surface area (Å²) in [6, 6.07) is 16.0. The second kappa shape index (κ2) is 4.35. The number of hydrogen-bond donors (Lipinski definition) is 0. The maximum atomic E-state index is 12.6. The lowest BCUT2D eigenvalue weighted by atomic mass is 9.54. The molecule has 0 aromatic heterocycles. The average Bonchev–Trinajstić information content (AvgIpc) is 2.99. The smallest absolute Gasteiger partial charge is 0.336 e. The molecular weight excluding hydrogens is 304 g/mol. The molecule has 2 aromatic carbocycles. The van der Waals surface area contributed by atoms with E-state index in [1.165, 1.54) is 7.11 Å². The lowest BCUT2D eigenvalue weighted by molar-refractivity contribution is -0.138. The molecule has 2 aromatic rings. The largest absolute Gasteiger partial charge is 0.466 e. The van der Waals surface area contributed by atoms with Crippen LogP contribution in [0.1, 0.15) is 28.2 Å². The highest BCUT2D eigenvalue weighted by Gasteiger charge is 2.60. The Labute approximate surface area is 138 Å². The van der Waals surface area contributed by atoms with Crippen molar-refractivity contribution in [3.8, 4) is 0 Å². The topological polar surface area (TPSA) is 52.6 Å². The zero-order valence-corrected chi connectivity index (χ0v) is 13.0. The highest BCUT2D eigenvalue weighted by Crippen LogP contribution is 2.61. The number of benzene rings is 2. The molecule has 4 nitrogen and oxygen atoms in total. The van der Waals surface area contributed by atoms with Crippen LogP contribution in [0.15, 0.2) is 59.7 Å². The molecule has 6 rings (SSSR count). The van der Waals surface area contributed by atoms with Crippen molar-refractivity contribution in [1.82, 2.24) is 0 Å². The first-order valence-corrected chi connectivity index (χ1v) is 7.89. The Hall–Kier alpha value is -2.88. The molecule has 4 heteroatoms. The predicted molar refractivity (Wildman–Crippen MR) is 85.5 cm³/mol. The molecule has 0 unspecified atom stereocenters. The second-order valence-electron chi connectivity index (χ2n) is 6.37. The van der Waals surface area contributed by atoms with Crippen molar-refractivity contribution < 1.29 is 19.1 Å². The summed E-state index contributed by atoms with van der Waals surface area (Å²) in [6.07, 6.45) is 0. The van der Waals surface area contributed by atoms with Gasteiger partial charge in [-0.05, 0) is 22.3 Å². The summed E-state index contributed by atoms with van der Waals surface area (Å²) in [5.74, 6) is -1.15. The van der Waals surface area contributed by atoms with Crippen LogP contribution in [0.3, 0.4) is 0 Å². The van der Waals surface area contributed by atoms with Crippen LogP contribution in [0, 0.1) is 0 Å². The fraction of sp³-hybridized carbons (Fsp3) is 0.200. The van der Waals surface area contributed by atoms with Gasteiger partial charge in [0.05, 0.1) is 23.7 Å². The Morgan fingerprint density at radius 1 is 1.08 bits per heavy atom. The Kier molecular flexibility index (Phi) is 2.46. The molecule has 0 radical (unpaired) electrons. The highest BCUT2D eigenvalue weighted by molar-refractivity contribution is 6.08. The van der Waals surface area contributed by atoms with Gasteiger partial charge in [-0.2, -0.15) is 0 Å². The molecule has 1 spiro atoms. The summed E-state index contributed by atoms with van der Waals surface area (Å²) in [7, 11) is 1.35. The first-order chi connectivity index (χ1) is 11.7. The number of rotatable bonds is 1. The van der Waals surface area contributed by atoms with Gasteiger partial charge in [0.1, 0.15) is 6.61 Å². The summed E-state index contributed by atoms with van der Waals surface area (Å²) in [6.45, 7) is 0.225. The van der Waals surface area contributed by atoms with Crippen LogP contribution in [-0.2, 0) is 24.5 Å². The first kappa shape index (κ1) is 13.5. The Morgan fingerprint density at radius 3 is 2.25 bits per heavy atom. The summed E-state index contributed by atoms with van der Waals surface area (Å²) >= 11 is 0. The van der Waals surface area contributed by atoms with Crippen molar-refractivity contribution in [3.05, 3.63) is 81.9 Å². The van der Waals surface area contributed by atoms with Crippen molar-refractivity contribution in [2.45, 2.75) is 11.3 Å². The Bertz CT molecular complexity index is 906. The SMILES string of the molecule is COC(=O)C1=C2C(=O)OCC23c2ccccc2C1c1ccccc13. The number of methoxy groups -OCH3 is 1. The number of carbonyl (C=O) groups excluding carboxylic acids is 2. The van der Waals surface area contributed by atoms with Crippen LogP contribution in [0.25, 0.3) is 0 Å². The minimum Gasteiger partial charge on any atom is -0.466 e. The van der Waals surface area contributed by atoms with Crippen LogP contribution in [0.4, 0.5) is 0 Å². The quantitative estimate of drug-likeness (QED) is 0.758. The fourth-order valence-electron chi connectivity index (χ4n) is 4.63. The Morgan fingerprint density at radius 2 is 1.67 bits per heavy atom. The van der Waals surface area contributed by atoms with Gasteiger partial charge in [0.15, 0.2) is 0 Å². The minimum atomic E-state index is -0.706.